The molecule has 2 rings (SSSR count). The van der Waals surface area contributed by atoms with Crippen LogP contribution < -0.4 is 9.46 Å². The van der Waals surface area contributed by atoms with Crippen LogP contribution in [0.4, 0.5) is 5.69 Å². The first-order chi connectivity index (χ1) is 8.53. The van der Waals surface area contributed by atoms with Crippen molar-refractivity contribution in [3.05, 3.63) is 34.9 Å². The topological polar surface area (TPSA) is 84.1 Å². The van der Waals surface area contributed by atoms with Gasteiger partial charge >= 0.3 is 0 Å². The SMILES string of the molecule is COc1ccc(Br)cc1NS(=O)(=O)c1ccn[nH]1. The highest BCUT2D eigenvalue weighted by Gasteiger charge is 2.17. The number of benzene rings is 1. The van der Waals surface area contributed by atoms with Gasteiger partial charge in [0.25, 0.3) is 10.0 Å². The van der Waals surface area contributed by atoms with E-state index in [0.717, 1.165) is 4.47 Å². The Morgan fingerprint density at radius 3 is 2.78 bits per heavy atom. The molecule has 0 aliphatic carbocycles. The summed E-state index contributed by atoms with van der Waals surface area (Å²) in [6, 6.07) is 6.40. The number of ether oxygens (including phenoxy) is 1. The highest BCUT2D eigenvalue weighted by Crippen LogP contribution is 2.29. The van der Waals surface area contributed by atoms with Crippen molar-refractivity contribution in [2.75, 3.05) is 11.8 Å². The van der Waals surface area contributed by atoms with Crippen molar-refractivity contribution >= 4 is 31.6 Å². The predicted molar refractivity (Wildman–Crippen MR) is 70.1 cm³/mol. The molecule has 8 heteroatoms. The van der Waals surface area contributed by atoms with Gasteiger partial charge in [0.15, 0.2) is 5.03 Å². The molecule has 0 saturated carbocycles. The summed E-state index contributed by atoms with van der Waals surface area (Å²) in [7, 11) is -2.22. The van der Waals surface area contributed by atoms with Gasteiger partial charge in [0.2, 0.25) is 0 Å². The third kappa shape index (κ3) is 2.65. The van der Waals surface area contributed by atoms with Gasteiger partial charge in [-0.3, -0.25) is 9.82 Å². The zero-order chi connectivity index (χ0) is 13.2. The molecule has 0 radical (unpaired) electrons. The van der Waals surface area contributed by atoms with E-state index in [1.54, 1.807) is 18.2 Å². The van der Waals surface area contributed by atoms with E-state index >= 15 is 0 Å². The van der Waals surface area contributed by atoms with Crippen LogP contribution in [-0.4, -0.2) is 25.7 Å². The number of aromatic amines is 1. The zero-order valence-corrected chi connectivity index (χ0v) is 11.7. The first-order valence-electron chi connectivity index (χ1n) is 4.88. The molecule has 2 aromatic rings. The minimum absolute atomic E-state index is 0.00970. The van der Waals surface area contributed by atoms with E-state index in [1.807, 2.05) is 0 Å². The Labute approximate surface area is 113 Å². The quantitative estimate of drug-likeness (QED) is 0.897. The molecule has 0 amide bonds. The van der Waals surface area contributed by atoms with Crippen molar-refractivity contribution in [3.8, 4) is 5.75 Å². The van der Waals surface area contributed by atoms with Gasteiger partial charge in [-0.25, -0.2) is 0 Å². The van der Waals surface area contributed by atoms with Crippen molar-refractivity contribution in [2.24, 2.45) is 0 Å². The monoisotopic (exact) mass is 331 g/mol. The predicted octanol–water partition coefficient (Wildman–Crippen LogP) is 1.98. The van der Waals surface area contributed by atoms with Crippen LogP contribution in [0.1, 0.15) is 0 Å². The Morgan fingerprint density at radius 2 is 2.17 bits per heavy atom. The fraction of sp³-hybridized carbons (Fsp3) is 0.100. The van der Waals surface area contributed by atoms with Gasteiger partial charge in [-0.2, -0.15) is 13.5 Å². The van der Waals surface area contributed by atoms with Crippen LogP contribution in [0.3, 0.4) is 0 Å². The maximum atomic E-state index is 12.0. The number of rotatable bonds is 4. The second kappa shape index (κ2) is 4.99. The second-order valence-corrected chi connectivity index (χ2v) is 5.94. The molecule has 0 unspecified atom stereocenters. The van der Waals surface area contributed by atoms with E-state index < -0.39 is 10.0 Å². The van der Waals surface area contributed by atoms with Crippen LogP contribution in [0.25, 0.3) is 0 Å². The summed E-state index contributed by atoms with van der Waals surface area (Å²) in [4.78, 5) is 0. The summed E-state index contributed by atoms with van der Waals surface area (Å²) in [5.74, 6) is 0.432. The van der Waals surface area contributed by atoms with E-state index in [1.165, 1.54) is 19.4 Å². The molecule has 18 heavy (non-hydrogen) atoms. The number of aromatic nitrogens is 2. The molecule has 1 aromatic carbocycles. The molecule has 2 N–H and O–H groups in total. The van der Waals surface area contributed by atoms with Gasteiger partial charge < -0.3 is 4.74 Å². The molecule has 0 saturated heterocycles. The van der Waals surface area contributed by atoms with Crippen LogP contribution >= 0.6 is 15.9 Å². The van der Waals surface area contributed by atoms with Gasteiger partial charge in [-0.05, 0) is 24.3 Å². The summed E-state index contributed by atoms with van der Waals surface area (Å²) >= 11 is 3.27. The molecule has 0 aliphatic heterocycles. The lowest BCUT2D eigenvalue weighted by Crippen LogP contribution is -2.14. The van der Waals surface area contributed by atoms with Crippen molar-refractivity contribution in [2.45, 2.75) is 5.03 Å². The van der Waals surface area contributed by atoms with Crippen LogP contribution in [0.5, 0.6) is 5.75 Å². The number of halogens is 1. The van der Waals surface area contributed by atoms with Crippen molar-refractivity contribution in [1.82, 2.24) is 10.2 Å². The van der Waals surface area contributed by atoms with Gasteiger partial charge in [0, 0.05) is 4.47 Å². The van der Waals surface area contributed by atoms with Crippen molar-refractivity contribution in [3.63, 3.8) is 0 Å². The average Bonchev–Trinajstić information content (AvgIpc) is 2.83. The number of nitrogens with zero attached hydrogens (tertiary/aromatic N) is 1. The highest BCUT2D eigenvalue weighted by atomic mass is 79.9. The summed E-state index contributed by atoms with van der Waals surface area (Å²) in [5, 5.41) is 5.99. The van der Waals surface area contributed by atoms with Crippen LogP contribution in [0.2, 0.25) is 0 Å². The molecule has 0 bridgehead atoms. The Morgan fingerprint density at radius 1 is 1.39 bits per heavy atom. The molecular formula is C10H10BrN3O3S. The van der Waals surface area contributed by atoms with E-state index in [4.69, 9.17) is 4.74 Å². The first-order valence-corrected chi connectivity index (χ1v) is 7.16. The molecule has 96 valence electrons. The van der Waals surface area contributed by atoms with E-state index in [0.29, 0.717) is 11.4 Å². The third-order valence-corrected chi connectivity index (χ3v) is 3.96. The fourth-order valence-electron chi connectivity index (χ4n) is 1.35. The Bertz CT molecular complexity index is 640. The van der Waals surface area contributed by atoms with Crippen LogP contribution in [0.15, 0.2) is 40.0 Å². The molecule has 0 aliphatic rings. The van der Waals surface area contributed by atoms with Gasteiger partial charge in [0.05, 0.1) is 19.0 Å². The number of sulfonamides is 1. The summed E-state index contributed by atoms with van der Waals surface area (Å²) in [6.07, 6.45) is 1.37. The van der Waals surface area contributed by atoms with Crippen molar-refractivity contribution < 1.29 is 13.2 Å². The Hall–Kier alpha value is -1.54. The third-order valence-electron chi connectivity index (χ3n) is 2.17. The minimum Gasteiger partial charge on any atom is -0.495 e. The molecule has 0 atom stereocenters. The summed E-state index contributed by atoms with van der Waals surface area (Å²) in [6.45, 7) is 0. The molecule has 0 spiro atoms. The lowest BCUT2D eigenvalue weighted by atomic mass is 10.3. The lowest BCUT2D eigenvalue weighted by Gasteiger charge is -2.11. The smallest absolute Gasteiger partial charge is 0.278 e. The highest BCUT2D eigenvalue weighted by molar-refractivity contribution is 9.10. The molecule has 1 aromatic heterocycles. The van der Waals surface area contributed by atoms with E-state index in [9.17, 15) is 8.42 Å². The maximum absolute atomic E-state index is 12.0. The number of anilines is 1. The Balaban J connectivity index is 2.37. The molecule has 6 nitrogen and oxygen atoms in total. The minimum atomic E-state index is -3.69. The number of methoxy groups -OCH3 is 1. The van der Waals surface area contributed by atoms with E-state index in [-0.39, 0.29) is 5.03 Å². The number of nitrogens with one attached hydrogen (secondary N) is 2. The van der Waals surface area contributed by atoms with E-state index in [2.05, 4.69) is 30.8 Å². The first kappa shape index (κ1) is 12.9. The zero-order valence-electron chi connectivity index (χ0n) is 9.34. The summed E-state index contributed by atoms with van der Waals surface area (Å²) in [5.41, 5.74) is 0.349. The fourth-order valence-corrected chi connectivity index (χ4v) is 2.69. The van der Waals surface area contributed by atoms with Crippen LogP contribution in [0, 0.1) is 0 Å². The second-order valence-electron chi connectivity index (χ2n) is 3.37. The van der Waals surface area contributed by atoms with Crippen LogP contribution in [-0.2, 0) is 10.0 Å². The van der Waals surface area contributed by atoms with Gasteiger partial charge in [0.1, 0.15) is 5.75 Å². The van der Waals surface area contributed by atoms with Gasteiger partial charge in [-0.1, -0.05) is 15.9 Å². The van der Waals surface area contributed by atoms with Crippen molar-refractivity contribution in [1.29, 1.82) is 0 Å². The normalized spacial score (nSPS) is 11.2. The largest absolute Gasteiger partial charge is 0.495 e. The molecule has 1 heterocycles. The molecule has 0 fully saturated rings. The maximum Gasteiger partial charge on any atom is 0.278 e. The average molecular weight is 332 g/mol. The molecular weight excluding hydrogens is 322 g/mol. The summed E-state index contributed by atoms with van der Waals surface area (Å²) < 4.78 is 32.2. The Kier molecular flexibility index (Phi) is 3.58. The standard InChI is InChI=1S/C10H10BrN3O3S/c1-17-9-3-2-7(11)6-8(9)14-18(15,16)10-4-5-12-13-10/h2-6,14H,1H3,(H,12,13). The lowest BCUT2D eigenvalue weighted by molar-refractivity contribution is 0.417. The number of hydrogen-bond donors (Lipinski definition) is 2. The number of hydrogen-bond acceptors (Lipinski definition) is 4. The number of H-pyrrole nitrogens is 1. The van der Waals surface area contributed by atoms with Gasteiger partial charge in [-0.15, -0.1) is 0 Å².